The highest BCUT2D eigenvalue weighted by molar-refractivity contribution is 6.02. The Kier molecular flexibility index (Phi) is 3.73. The molecule has 1 saturated heterocycles. The molecule has 104 valence electrons. The number of carbonyl (C=O) groups is 2. The van der Waals surface area contributed by atoms with E-state index in [0.29, 0.717) is 31.6 Å². The molecule has 6 nitrogen and oxygen atoms in total. The van der Waals surface area contributed by atoms with Crippen molar-refractivity contribution in [2.24, 2.45) is 0 Å². The lowest BCUT2D eigenvalue weighted by Gasteiger charge is -2.28. The first kappa shape index (κ1) is 13.8. The van der Waals surface area contributed by atoms with Gasteiger partial charge in [-0.3, -0.25) is 9.59 Å². The second-order valence-corrected chi connectivity index (χ2v) is 4.72. The molecule has 0 saturated carbocycles. The molecule has 0 bridgehead atoms. The molecule has 1 unspecified atom stereocenters. The van der Waals surface area contributed by atoms with E-state index in [-0.39, 0.29) is 12.2 Å². The monoisotopic (exact) mass is 266 g/mol. The average molecular weight is 266 g/mol. The number of nitrogens with zero attached hydrogens (tertiary/aromatic N) is 1. The molecule has 0 radical (unpaired) electrons. The SMILES string of the molecule is CCC=C(CO)C(=O)NC1=CC(=O)C2(O)CCCN12. The van der Waals surface area contributed by atoms with Crippen LogP contribution >= 0.6 is 0 Å². The van der Waals surface area contributed by atoms with Crippen molar-refractivity contribution in [1.82, 2.24) is 10.2 Å². The van der Waals surface area contributed by atoms with E-state index in [1.807, 2.05) is 6.92 Å². The van der Waals surface area contributed by atoms with E-state index in [1.54, 1.807) is 6.08 Å². The molecule has 19 heavy (non-hydrogen) atoms. The van der Waals surface area contributed by atoms with Crippen molar-refractivity contribution in [3.05, 3.63) is 23.5 Å². The molecule has 0 aromatic rings. The zero-order chi connectivity index (χ0) is 14.0. The standard InChI is InChI=1S/C13H18N2O4/c1-2-4-9(8-16)12(18)14-11-7-10(17)13(19)5-3-6-15(11)13/h4,7,16,19H,2-3,5-6,8H2,1H3,(H,14,18). The Morgan fingerprint density at radius 2 is 2.37 bits per heavy atom. The van der Waals surface area contributed by atoms with E-state index in [9.17, 15) is 14.7 Å². The number of carbonyl (C=O) groups excluding carboxylic acids is 2. The van der Waals surface area contributed by atoms with Crippen molar-refractivity contribution >= 4 is 11.7 Å². The van der Waals surface area contributed by atoms with Crippen molar-refractivity contribution in [3.8, 4) is 0 Å². The Labute approximate surface area is 111 Å². The van der Waals surface area contributed by atoms with Gasteiger partial charge in [0.15, 0.2) is 0 Å². The summed E-state index contributed by atoms with van der Waals surface area (Å²) in [5, 5.41) is 21.9. The lowest BCUT2D eigenvalue weighted by Crippen LogP contribution is -2.47. The minimum Gasteiger partial charge on any atom is -0.391 e. The zero-order valence-corrected chi connectivity index (χ0v) is 10.8. The van der Waals surface area contributed by atoms with Crippen molar-refractivity contribution in [2.45, 2.75) is 31.9 Å². The number of hydrogen-bond donors (Lipinski definition) is 3. The molecule has 2 aliphatic rings. The lowest BCUT2D eigenvalue weighted by atomic mass is 10.1. The smallest absolute Gasteiger partial charge is 0.254 e. The number of rotatable bonds is 4. The van der Waals surface area contributed by atoms with E-state index in [0.717, 1.165) is 0 Å². The second kappa shape index (κ2) is 5.14. The van der Waals surface area contributed by atoms with Crippen molar-refractivity contribution in [3.63, 3.8) is 0 Å². The van der Waals surface area contributed by atoms with Gasteiger partial charge in [0, 0.05) is 24.6 Å². The largest absolute Gasteiger partial charge is 0.391 e. The molecule has 2 rings (SSSR count). The van der Waals surface area contributed by atoms with Crippen molar-refractivity contribution in [1.29, 1.82) is 0 Å². The van der Waals surface area contributed by atoms with Gasteiger partial charge in [0.25, 0.3) is 5.91 Å². The molecule has 0 spiro atoms. The topological polar surface area (TPSA) is 89.9 Å². The van der Waals surface area contributed by atoms with E-state index in [2.05, 4.69) is 5.32 Å². The fourth-order valence-electron chi connectivity index (χ4n) is 2.47. The number of aliphatic hydroxyl groups is 2. The van der Waals surface area contributed by atoms with Gasteiger partial charge in [-0.15, -0.1) is 0 Å². The number of nitrogens with one attached hydrogen (secondary N) is 1. The molecule has 1 amide bonds. The fourth-order valence-corrected chi connectivity index (χ4v) is 2.47. The molecule has 2 aliphatic heterocycles. The van der Waals surface area contributed by atoms with E-state index in [1.165, 1.54) is 11.0 Å². The van der Waals surface area contributed by atoms with Crippen LogP contribution in [0.2, 0.25) is 0 Å². The van der Waals surface area contributed by atoms with E-state index >= 15 is 0 Å². The third kappa shape index (κ3) is 2.29. The predicted molar refractivity (Wildman–Crippen MR) is 67.6 cm³/mol. The molecular formula is C13H18N2O4. The van der Waals surface area contributed by atoms with Crippen LogP contribution in [0.3, 0.4) is 0 Å². The Balaban J connectivity index is 2.12. The minimum absolute atomic E-state index is 0.255. The van der Waals surface area contributed by atoms with Gasteiger partial charge in [-0.2, -0.15) is 0 Å². The summed E-state index contributed by atoms with van der Waals surface area (Å²) < 4.78 is 0. The zero-order valence-electron chi connectivity index (χ0n) is 10.8. The van der Waals surface area contributed by atoms with Crippen LogP contribution in [0, 0.1) is 0 Å². The highest BCUT2D eigenvalue weighted by atomic mass is 16.3. The van der Waals surface area contributed by atoms with Gasteiger partial charge in [-0.05, 0) is 12.8 Å². The molecule has 0 aromatic carbocycles. The Bertz CT molecular complexity index is 469. The summed E-state index contributed by atoms with van der Waals surface area (Å²) in [6.45, 7) is 2.03. The number of fused-ring (bicyclic) bond motifs is 1. The van der Waals surface area contributed by atoms with E-state index < -0.39 is 17.4 Å². The molecule has 3 N–H and O–H groups in total. The third-order valence-electron chi connectivity index (χ3n) is 3.46. The summed E-state index contributed by atoms with van der Waals surface area (Å²) in [6, 6.07) is 0. The van der Waals surface area contributed by atoms with Gasteiger partial charge in [0.2, 0.25) is 11.5 Å². The number of aliphatic hydroxyl groups excluding tert-OH is 1. The summed E-state index contributed by atoms with van der Waals surface area (Å²) in [5.41, 5.74) is -1.23. The fraction of sp³-hybridized carbons (Fsp3) is 0.538. The third-order valence-corrected chi connectivity index (χ3v) is 3.46. The Morgan fingerprint density at radius 1 is 1.63 bits per heavy atom. The number of amides is 1. The van der Waals surface area contributed by atoms with Crippen LogP contribution < -0.4 is 5.32 Å². The maximum absolute atomic E-state index is 11.9. The molecule has 2 heterocycles. The summed E-state index contributed by atoms with van der Waals surface area (Å²) in [5.74, 6) is -0.532. The maximum atomic E-state index is 11.9. The lowest BCUT2D eigenvalue weighted by molar-refractivity contribution is -0.142. The second-order valence-electron chi connectivity index (χ2n) is 4.72. The highest BCUT2D eigenvalue weighted by Gasteiger charge is 2.50. The quantitative estimate of drug-likeness (QED) is 0.605. The van der Waals surface area contributed by atoms with Crippen LogP contribution in [0.15, 0.2) is 23.5 Å². The van der Waals surface area contributed by atoms with Gasteiger partial charge in [0.05, 0.1) is 6.61 Å². The first-order valence-corrected chi connectivity index (χ1v) is 6.40. The van der Waals surface area contributed by atoms with Crippen LogP contribution in [-0.4, -0.2) is 45.7 Å². The molecule has 6 heteroatoms. The first-order valence-electron chi connectivity index (χ1n) is 6.40. The van der Waals surface area contributed by atoms with Crippen LogP contribution in [0.1, 0.15) is 26.2 Å². The van der Waals surface area contributed by atoms with Crippen LogP contribution in [0.5, 0.6) is 0 Å². The van der Waals surface area contributed by atoms with Gasteiger partial charge in [-0.1, -0.05) is 13.0 Å². The van der Waals surface area contributed by atoms with Crippen LogP contribution in [0.25, 0.3) is 0 Å². The van der Waals surface area contributed by atoms with Gasteiger partial charge >= 0.3 is 0 Å². The predicted octanol–water partition coefficient (Wildman–Crippen LogP) is -0.360. The highest BCUT2D eigenvalue weighted by Crippen LogP contribution is 2.35. The molecular weight excluding hydrogens is 248 g/mol. The Hall–Kier alpha value is -1.66. The summed E-state index contributed by atoms with van der Waals surface area (Å²) >= 11 is 0. The Morgan fingerprint density at radius 3 is 3.00 bits per heavy atom. The van der Waals surface area contributed by atoms with Crippen LogP contribution in [-0.2, 0) is 9.59 Å². The molecule has 0 aliphatic carbocycles. The summed E-state index contributed by atoms with van der Waals surface area (Å²) in [6.07, 6.45) is 4.59. The van der Waals surface area contributed by atoms with Gasteiger partial charge < -0.3 is 20.4 Å². The van der Waals surface area contributed by atoms with Crippen molar-refractivity contribution < 1.29 is 19.8 Å². The number of hydrogen-bond acceptors (Lipinski definition) is 5. The molecule has 1 fully saturated rings. The number of ketones is 1. The molecule has 0 aromatic heterocycles. The number of allylic oxidation sites excluding steroid dienone is 1. The van der Waals surface area contributed by atoms with Crippen LogP contribution in [0.4, 0.5) is 0 Å². The van der Waals surface area contributed by atoms with Crippen molar-refractivity contribution in [2.75, 3.05) is 13.2 Å². The van der Waals surface area contributed by atoms with Gasteiger partial charge in [0.1, 0.15) is 5.82 Å². The molecule has 1 atom stereocenters. The summed E-state index contributed by atoms with van der Waals surface area (Å²) in [4.78, 5) is 25.2. The summed E-state index contributed by atoms with van der Waals surface area (Å²) in [7, 11) is 0. The van der Waals surface area contributed by atoms with Gasteiger partial charge in [-0.25, -0.2) is 0 Å². The normalized spacial score (nSPS) is 26.5. The first-order chi connectivity index (χ1) is 9.02. The average Bonchev–Trinajstić information content (AvgIpc) is 2.86. The maximum Gasteiger partial charge on any atom is 0.254 e. The van der Waals surface area contributed by atoms with E-state index in [4.69, 9.17) is 5.11 Å². The minimum atomic E-state index is -1.49.